The van der Waals surface area contributed by atoms with E-state index in [9.17, 15) is 4.79 Å². The second kappa shape index (κ2) is 7.98. The van der Waals surface area contributed by atoms with Gasteiger partial charge < -0.3 is 4.74 Å². The number of halogens is 4. The lowest BCUT2D eigenvalue weighted by Crippen LogP contribution is -2.14. The summed E-state index contributed by atoms with van der Waals surface area (Å²) in [5, 5.41) is 4.53. The number of methoxy groups -OCH3 is 1. The quantitative estimate of drug-likeness (QED) is 0.491. The number of aromatic nitrogens is 2. The highest BCUT2D eigenvalue weighted by atomic mass is 35.5. The van der Waals surface area contributed by atoms with Crippen molar-refractivity contribution in [1.82, 2.24) is 9.97 Å². The zero-order chi connectivity index (χ0) is 18.8. The predicted octanol–water partition coefficient (Wildman–Crippen LogP) is 6.08. The molecular weight excluding hydrogens is 440 g/mol. The van der Waals surface area contributed by atoms with E-state index in [0.29, 0.717) is 16.6 Å². The van der Waals surface area contributed by atoms with E-state index in [2.05, 4.69) is 15.3 Å². The summed E-state index contributed by atoms with van der Waals surface area (Å²) in [4.78, 5) is 20.7. The molecule has 0 bridgehead atoms. The molecule has 0 aliphatic heterocycles. The van der Waals surface area contributed by atoms with E-state index in [4.69, 9.17) is 51.1 Å². The third-order valence-electron chi connectivity index (χ3n) is 3.31. The van der Waals surface area contributed by atoms with Crippen LogP contribution in [0.25, 0.3) is 11.3 Å². The van der Waals surface area contributed by atoms with Gasteiger partial charge in [-0.05, 0) is 12.1 Å². The molecule has 0 radical (unpaired) electrons. The summed E-state index contributed by atoms with van der Waals surface area (Å²) in [5.74, 6) is 0.0769. The van der Waals surface area contributed by atoms with Gasteiger partial charge in [-0.15, -0.1) is 11.3 Å². The van der Waals surface area contributed by atoms with Crippen molar-refractivity contribution in [1.29, 1.82) is 0 Å². The molecule has 0 saturated carbocycles. The van der Waals surface area contributed by atoms with E-state index in [-0.39, 0.29) is 25.9 Å². The molecular formula is C16H9Cl4N3O2S. The molecule has 10 heteroatoms. The standard InChI is InChI=1S/C16H9Cl4N3O2S/c1-25-9-5-3-2-4-7(9)8-6-26-16(21-8)23-15(24)13-11(18)10(17)12(19)14(20)22-13/h2-6H,1H3,(H,21,23,24). The fourth-order valence-electron chi connectivity index (χ4n) is 2.11. The minimum Gasteiger partial charge on any atom is -0.496 e. The average Bonchev–Trinajstić information content (AvgIpc) is 3.11. The number of amides is 1. The van der Waals surface area contributed by atoms with Gasteiger partial charge in [-0.25, -0.2) is 9.97 Å². The molecule has 0 unspecified atom stereocenters. The number of thiazole rings is 1. The predicted molar refractivity (Wildman–Crippen MR) is 106 cm³/mol. The summed E-state index contributed by atoms with van der Waals surface area (Å²) >= 11 is 25.0. The molecule has 5 nitrogen and oxygen atoms in total. The van der Waals surface area contributed by atoms with Crippen molar-refractivity contribution in [2.24, 2.45) is 0 Å². The second-order valence-electron chi connectivity index (χ2n) is 4.89. The molecule has 1 N–H and O–H groups in total. The molecule has 26 heavy (non-hydrogen) atoms. The second-order valence-corrected chi connectivity index (χ2v) is 7.24. The smallest absolute Gasteiger partial charge is 0.277 e. The summed E-state index contributed by atoms with van der Waals surface area (Å²) in [6.45, 7) is 0. The molecule has 0 spiro atoms. The molecule has 0 fully saturated rings. The van der Waals surface area contributed by atoms with Crippen LogP contribution in [0.1, 0.15) is 10.5 Å². The maximum absolute atomic E-state index is 12.4. The maximum atomic E-state index is 12.4. The molecule has 2 aromatic heterocycles. The van der Waals surface area contributed by atoms with Crippen LogP contribution in [0.5, 0.6) is 5.75 Å². The van der Waals surface area contributed by atoms with Crippen LogP contribution in [0.4, 0.5) is 5.13 Å². The average molecular weight is 449 g/mol. The van der Waals surface area contributed by atoms with E-state index in [1.807, 2.05) is 24.3 Å². The Hall–Kier alpha value is -1.57. The Morgan fingerprint density at radius 2 is 1.81 bits per heavy atom. The van der Waals surface area contributed by atoms with Gasteiger partial charge in [-0.1, -0.05) is 58.5 Å². The number of pyridine rings is 1. The monoisotopic (exact) mass is 447 g/mol. The summed E-state index contributed by atoms with van der Waals surface area (Å²) in [7, 11) is 1.58. The highest BCUT2D eigenvalue weighted by Crippen LogP contribution is 2.37. The molecule has 0 atom stereocenters. The maximum Gasteiger partial charge on any atom is 0.277 e. The lowest BCUT2D eigenvalue weighted by atomic mass is 10.1. The van der Waals surface area contributed by atoms with Crippen molar-refractivity contribution in [2.45, 2.75) is 0 Å². The summed E-state index contributed by atoms with van der Waals surface area (Å²) in [6, 6.07) is 7.43. The van der Waals surface area contributed by atoms with Crippen LogP contribution in [0.2, 0.25) is 20.2 Å². The van der Waals surface area contributed by atoms with Crippen molar-refractivity contribution in [3.8, 4) is 17.0 Å². The number of benzene rings is 1. The van der Waals surface area contributed by atoms with E-state index in [0.717, 1.165) is 5.56 Å². The van der Waals surface area contributed by atoms with Gasteiger partial charge in [0.1, 0.15) is 10.9 Å². The Morgan fingerprint density at radius 3 is 2.54 bits per heavy atom. The lowest BCUT2D eigenvalue weighted by molar-refractivity contribution is 0.102. The molecule has 3 aromatic rings. The number of nitrogens with one attached hydrogen (secondary N) is 1. The molecule has 134 valence electrons. The number of hydrogen-bond acceptors (Lipinski definition) is 5. The van der Waals surface area contributed by atoms with Crippen molar-refractivity contribution in [2.75, 3.05) is 12.4 Å². The molecule has 0 aliphatic carbocycles. The Balaban J connectivity index is 1.87. The van der Waals surface area contributed by atoms with Gasteiger partial charge in [0, 0.05) is 10.9 Å². The van der Waals surface area contributed by atoms with Crippen molar-refractivity contribution in [3.63, 3.8) is 0 Å². The number of carbonyl (C=O) groups excluding carboxylic acids is 1. The minimum atomic E-state index is -0.601. The fourth-order valence-corrected chi connectivity index (χ4v) is 3.62. The number of anilines is 1. The van der Waals surface area contributed by atoms with Crippen molar-refractivity contribution in [3.05, 3.63) is 55.6 Å². The first-order valence-corrected chi connectivity index (χ1v) is 9.41. The first kappa shape index (κ1) is 19.2. The van der Waals surface area contributed by atoms with E-state index < -0.39 is 5.91 Å². The highest BCUT2D eigenvalue weighted by molar-refractivity contribution is 7.14. The van der Waals surface area contributed by atoms with Gasteiger partial charge in [-0.3, -0.25) is 10.1 Å². The fraction of sp³-hybridized carbons (Fsp3) is 0.0625. The Bertz CT molecular complexity index is 994. The zero-order valence-electron chi connectivity index (χ0n) is 13.0. The summed E-state index contributed by atoms with van der Waals surface area (Å²) < 4.78 is 5.32. The topological polar surface area (TPSA) is 64.1 Å². The molecule has 3 rings (SSSR count). The number of nitrogens with zero attached hydrogens (tertiary/aromatic N) is 2. The molecule has 1 aromatic carbocycles. The largest absolute Gasteiger partial charge is 0.496 e. The molecule has 0 aliphatic rings. The van der Waals surface area contributed by atoms with Gasteiger partial charge in [0.05, 0.1) is 27.9 Å². The van der Waals surface area contributed by atoms with Crippen LogP contribution in [-0.4, -0.2) is 23.0 Å². The normalized spacial score (nSPS) is 10.7. The first-order valence-electron chi connectivity index (χ1n) is 7.02. The SMILES string of the molecule is COc1ccccc1-c1csc(NC(=O)c2nc(Cl)c(Cl)c(Cl)c2Cl)n1. The lowest BCUT2D eigenvalue weighted by Gasteiger charge is -2.07. The number of hydrogen-bond donors (Lipinski definition) is 1. The van der Waals surface area contributed by atoms with Crippen molar-refractivity contribution >= 4 is 68.8 Å². The van der Waals surface area contributed by atoms with Crippen LogP contribution < -0.4 is 10.1 Å². The Kier molecular flexibility index (Phi) is 5.89. The number of ether oxygens (including phenoxy) is 1. The van der Waals surface area contributed by atoms with Crippen LogP contribution in [0, 0.1) is 0 Å². The third kappa shape index (κ3) is 3.75. The minimum absolute atomic E-state index is 0.0115. The Labute approximate surface area is 172 Å². The summed E-state index contributed by atoms with van der Waals surface area (Å²) in [6.07, 6.45) is 0. The van der Waals surface area contributed by atoms with E-state index >= 15 is 0 Å². The molecule has 0 saturated heterocycles. The third-order valence-corrected chi connectivity index (χ3v) is 5.74. The van der Waals surface area contributed by atoms with E-state index in [1.165, 1.54) is 11.3 Å². The Morgan fingerprint density at radius 1 is 1.08 bits per heavy atom. The number of rotatable bonds is 4. The highest BCUT2D eigenvalue weighted by Gasteiger charge is 2.21. The first-order chi connectivity index (χ1) is 12.4. The van der Waals surface area contributed by atoms with Crippen molar-refractivity contribution < 1.29 is 9.53 Å². The summed E-state index contributed by atoms with van der Waals surface area (Å²) in [5.41, 5.74) is 1.33. The van der Waals surface area contributed by atoms with Gasteiger partial charge in [0.2, 0.25) is 0 Å². The van der Waals surface area contributed by atoms with Crippen LogP contribution in [0.15, 0.2) is 29.6 Å². The number of carbonyl (C=O) groups is 1. The molecule has 2 heterocycles. The van der Waals surface area contributed by atoms with Crippen LogP contribution in [-0.2, 0) is 0 Å². The van der Waals surface area contributed by atoms with Gasteiger partial charge >= 0.3 is 0 Å². The zero-order valence-corrected chi connectivity index (χ0v) is 16.9. The van der Waals surface area contributed by atoms with Gasteiger partial charge in [0.15, 0.2) is 10.8 Å². The molecule has 1 amide bonds. The van der Waals surface area contributed by atoms with Crippen LogP contribution in [0.3, 0.4) is 0 Å². The van der Waals surface area contributed by atoms with Gasteiger partial charge in [0.25, 0.3) is 5.91 Å². The van der Waals surface area contributed by atoms with E-state index in [1.54, 1.807) is 12.5 Å². The van der Waals surface area contributed by atoms with Gasteiger partial charge in [-0.2, -0.15) is 0 Å². The van der Waals surface area contributed by atoms with Crippen LogP contribution >= 0.6 is 57.7 Å². The number of para-hydroxylation sites is 1.